The fourth-order valence-electron chi connectivity index (χ4n) is 1.07. The zero-order valence-electron chi connectivity index (χ0n) is 10.5. The van der Waals surface area contributed by atoms with Crippen molar-refractivity contribution in [2.24, 2.45) is 0 Å². The van der Waals surface area contributed by atoms with Crippen LogP contribution in [0.2, 0.25) is 0 Å². The predicted molar refractivity (Wildman–Crippen MR) is 72.1 cm³/mol. The molecule has 0 aliphatic heterocycles. The Kier molecular flexibility index (Phi) is 7.64. The monoisotopic (exact) mass is 286 g/mol. The first-order valence-corrected chi connectivity index (χ1v) is 6.27. The highest BCUT2D eigenvalue weighted by molar-refractivity contribution is 9.10. The number of imidazole rings is 1. The highest BCUT2D eigenvalue weighted by atomic mass is 79.9. The molecule has 0 N–H and O–H groups in total. The van der Waals surface area contributed by atoms with Crippen LogP contribution in [0.1, 0.15) is 27.7 Å². The number of methoxy groups -OCH3 is 1. The third-order valence-corrected chi connectivity index (χ3v) is 2.26. The molecule has 2 aromatic rings. The number of rotatable bonds is 1. The molecule has 0 atom stereocenters. The molecule has 2 aromatic heterocycles. The minimum atomic E-state index is 0.800. The Morgan fingerprint density at radius 2 is 1.88 bits per heavy atom. The van der Waals surface area contributed by atoms with Gasteiger partial charge in [0.2, 0.25) is 0 Å². The molecule has 0 saturated heterocycles. The maximum absolute atomic E-state index is 5.12. The van der Waals surface area contributed by atoms with E-state index in [0.717, 1.165) is 15.9 Å². The highest BCUT2D eigenvalue weighted by Gasteiger charge is 2.01. The van der Waals surface area contributed by atoms with Crippen molar-refractivity contribution in [1.29, 1.82) is 0 Å². The molecule has 0 unspecified atom stereocenters. The van der Waals surface area contributed by atoms with Gasteiger partial charge in [-0.05, 0) is 15.9 Å². The number of halogens is 1. The fourth-order valence-corrected chi connectivity index (χ4v) is 1.57. The van der Waals surface area contributed by atoms with Crippen LogP contribution in [0.4, 0.5) is 0 Å². The normalized spacial score (nSPS) is 8.62. The highest BCUT2D eigenvalue weighted by Crippen LogP contribution is 2.25. The van der Waals surface area contributed by atoms with Gasteiger partial charge in [-0.3, -0.25) is 0 Å². The summed E-state index contributed by atoms with van der Waals surface area (Å²) in [5, 5.41) is 0. The molecule has 90 valence electrons. The van der Waals surface area contributed by atoms with Crippen LogP contribution < -0.4 is 4.74 Å². The van der Waals surface area contributed by atoms with Crippen LogP contribution in [0.5, 0.6) is 5.75 Å². The van der Waals surface area contributed by atoms with Crippen LogP contribution in [0, 0.1) is 0 Å². The average Bonchev–Trinajstić information content (AvgIpc) is 2.80. The Bertz CT molecular complexity index is 412. The molecule has 0 amide bonds. The minimum Gasteiger partial charge on any atom is -0.495 e. The van der Waals surface area contributed by atoms with Gasteiger partial charge in [0.25, 0.3) is 0 Å². The van der Waals surface area contributed by atoms with Gasteiger partial charge in [-0.25, -0.2) is 4.98 Å². The lowest BCUT2D eigenvalue weighted by atomic mass is 10.4. The summed E-state index contributed by atoms with van der Waals surface area (Å²) < 4.78 is 7.97. The summed E-state index contributed by atoms with van der Waals surface area (Å²) in [4.78, 5) is 4.13. The maximum atomic E-state index is 5.12. The first-order valence-electron chi connectivity index (χ1n) is 5.47. The van der Waals surface area contributed by atoms with Crippen molar-refractivity contribution < 1.29 is 4.74 Å². The van der Waals surface area contributed by atoms with Crippen LogP contribution >= 0.6 is 15.9 Å². The lowest BCUT2D eigenvalue weighted by Crippen LogP contribution is -1.88. The van der Waals surface area contributed by atoms with E-state index in [-0.39, 0.29) is 0 Å². The second-order valence-corrected chi connectivity index (χ2v) is 3.24. The molecule has 3 nitrogen and oxygen atoms in total. The van der Waals surface area contributed by atoms with E-state index >= 15 is 0 Å². The lowest BCUT2D eigenvalue weighted by molar-refractivity contribution is 0.412. The summed E-state index contributed by atoms with van der Waals surface area (Å²) in [7, 11) is 1.64. The first-order chi connectivity index (χ1) is 7.81. The Morgan fingerprint density at radius 3 is 2.44 bits per heavy atom. The second kappa shape index (κ2) is 8.16. The zero-order chi connectivity index (χ0) is 12.6. The van der Waals surface area contributed by atoms with E-state index in [9.17, 15) is 0 Å². The predicted octanol–water partition coefficient (Wildman–Crippen LogP) is 4.16. The molecule has 0 fully saturated rings. The van der Waals surface area contributed by atoms with Crippen molar-refractivity contribution in [3.63, 3.8) is 0 Å². The molecule has 4 heteroatoms. The number of ether oxygens (including phenoxy) is 1. The molecule has 0 aromatic carbocycles. The first kappa shape index (κ1) is 15.0. The van der Waals surface area contributed by atoms with Gasteiger partial charge in [-0.1, -0.05) is 27.7 Å². The Morgan fingerprint density at radius 1 is 1.25 bits per heavy atom. The van der Waals surface area contributed by atoms with Crippen molar-refractivity contribution in [2.75, 3.05) is 7.11 Å². The van der Waals surface area contributed by atoms with E-state index in [1.807, 2.05) is 50.6 Å². The summed E-state index contributed by atoms with van der Waals surface area (Å²) in [6.45, 7) is 8.00. The van der Waals surface area contributed by atoms with Gasteiger partial charge in [-0.15, -0.1) is 0 Å². The van der Waals surface area contributed by atoms with E-state index in [1.165, 1.54) is 0 Å². The summed E-state index contributed by atoms with van der Waals surface area (Å²) in [6, 6.07) is 1.88. The largest absolute Gasteiger partial charge is 0.495 e. The number of pyridine rings is 1. The quantitative estimate of drug-likeness (QED) is 0.787. The van der Waals surface area contributed by atoms with Gasteiger partial charge in [0.05, 0.1) is 11.6 Å². The topological polar surface area (TPSA) is 26.5 Å². The van der Waals surface area contributed by atoms with Crippen molar-refractivity contribution >= 4 is 21.6 Å². The van der Waals surface area contributed by atoms with Gasteiger partial charge in [0, 0.05) is 24.7 Å². The molecular formula is C12H19BrN2O. The summed E-state index contributed by atoms with van der Waals surface area (Å²) >= 11 is 3.39. The van der Waals surface area contributed by atoms with Gasteiger partial charge in [-0.2, -0.15) is 0 Å². The molecule has 0 aliphatic rings. The number of hydrogen-bond donors (Lipinski definition) is 0. The molecule has 0 saturated carbocycles. The Balaban J connectivity index is 0.000000509. The van der Waals surface area contributed by atoms with Crippen LogP contribution in [0.25, 0.3) is 5.65 Å². The fraction of sp³-hybridized carbons (Fsp3) is 0.417. The SMILES string of the molecule is CC.CC.COc1cc2nccn2cc1Br. The van der Waals surface area contributed by atoms with Crippen molar-refractivity contribution in [3.8, 4) is 5.75 Å². The van der Waals surface area contributed by atoms with E-state index in [4.69, 9.17) is 4.74 Å². The van der Waals surface area contributed by atoms with Gasteiger partial charge < -0.3 is 9.14 Å². The summed E-state index contributed by atoms with van der Waals surface area (Å²) in [5.41, 5.74) is 0.884. The zero-order valence-corrected chi connectivity index (χ0v) is 12.1. The van der Waals surface area contributed by atoms with Crippen LogP contribution in [-0.4, -0.2) is 16.5 Å². The van der Waals surface area contributed by atoms with Crippen LogP contribution in [-0.2, 0) is 0 Å². The summed E-state index contributed by atoms with van der Waals surface area (Å²) in [5.74, 6) is 0.800. The number of fused-ring (bicyclic) bond motifs is 1. The van der Waals surface area contributed by atoms with E-state index in [0.29, 0.717) is 0 Å². The Labute approximate surface area is 106 Å². The van der Waals surface area contributed by atoms with Crippen LogP contribution in [0.3, 0.4) is 0 Å². The third-order valence-electron chi connectivity index (χ3n) is 1.67. The molecule has 0 aliphatic carbocycles. The molecule has 2 heterocycles. The van der Waals surface area contributed by atoms with Gasteiger partial charge in [0.15, 0.2) is 0 Å². The molecule has 2 rings (SSSR count). The molecule has 0 spiro atoms. The maximum Gasteiger partial charge on any atom is 0.140 e. The second-order valence-electron chi connectivity index (χ2n) is 2.38. The number of nitrogens with zero attached hydrogens (tertiary/aromatic N) is 2. The van der Waals surface area contributed by atoms with E-state index in [1.54, 1.807) is 13.3 Å². The lowest BCUT2D eigenvalue weighted by Gasteiger charge is -2.02. The van der Waals surface area contributed by atoms with Crippen LogP contribution in [0.15, 0.2) is 29.1 Å². The Hall–Kier alpha value is -1.03. The standard InChI is InChI=1S/C8H7BrN2O.2C2H6/c1-12-7-4-8-10-2-3-11(8)5-6(7)9;2*1-2/h2-5H,1H3;2*1-2H3. The average molecular weight is 287 g/mol. The summed E-state index contributed by atoms with van der Waals surface area (Å²) in [6.07, 6.45) is 5.56. The number of hydrogen-bond acceptors (Lipinski definition) is 2. The molecule has 0 radical (unpaired) electrons. The van der Waals surface area contributed by atoms with Gasteiger partial charge in [0.1, 0.15) is 11.4 Å². The van der Waals surface area contributed by atoms with Crippen molar-refractivity contribution in [3.05, 3.63) is 29.1 Å². The number of aromatic nitrogens is 2. The van der Waals surface area contributed by atoms with E-state index in [2.05, 4.69) is 20.9 Å². The van der Waals surface area contributed by atoms with Crippen molar-refractivity contribution in [1.82, 2.24) is 9.38 Å². The van der Waals surface area contributed by atoms with Gasteiger partial charge >= 0.3 is 0 Å². The minimum absolute atomic E-state index is 0.800. The third kappa shape index (κ3) is 3.52. The molecule has 16 heavy (non-hydrogen) atoms. The molecule has 0 bridgehead atoms. The molecular weight excluding hydrogens is 268 g/mol. The van der Waals surface area contributed by atoms with E-state index < -0.39 is 0 Å². The smallest absolute Gasteiger partial charge is 0.140 e. The van der Waals surface area contributed by atoms with Crippen molar-refractivity contribution in [2.45, 2.75) is 27.7 Å².